The molecule has 4 heteroatoms. The van der Waals surface area contributed by atoms with Crippen molar-refractivity contribution in [1.29, 1.82) is 0 Å². The van der Waals surface area contributed by atoms with Crippen LogP contribution < -0.4 is 5.32 Å². The van der Waals surface area contributed by atoms with E-state index in [1.54, 1.807) is 0 Å². The fourth-order valence-electron chi connectivity index (χ4n) is 2.28. The molecule has 0 aliphatic heterocycles. The number of aromatic nitrogens is 2. The molecule has 4 nitrogen and oxygen atoms in total. The second-order valence-corrected chi connectivity index (χ2v) is 4.86. The van der Waals surface area contributed by atoms with Gasteiger partial charge in [-0.15, -0.1) is 0 Å². The summed E-state index contributed by atoms with van der Waals surface area (Å²) in [6, 6.07) is 4.34. The average Bonchev–Trinajstić information content (AvgIpc) is 3.01. The quantitative estimate of drug-likeness (QED) is 0.831. The van der Waals surface area contributed by atoms with Crippen LogP contribution in [0.5, 0.6) is 0 Å². The molecule has 2 rings (SSSR count). The average molecular weight is 261 g/mol. The van der Waals surface area contributed by atoms with Crippen LogP contribution in [0.1, 0.15) is 49.7 Å². The molecular weight excluding hydrogens is 238 g/mol. The SMILES string of the molecule is CCCNC(c1coc(C)c1)c1ccnn1CCC. The van der Waals surface area contributed by atoms with Crippen molar-refractivity contribution in [3.05, 3.63) is 41.6 Å². The van der Waals surface area contributed by atoms with Gasteiger partial charge in [-0.25, -0.2) is 0 Å². The first-order valence-corrected chi connectivity index (χ1v) is 7.06. The van der Waals surface area contributed by atoms with Crippen molar-refractivity contribution in [3.8, 4) is 0 Å². The first-order chi connectivity index (χ1) is 9.26. The van der Waals surface area contributed by atoms with Gasteiger partial charge in [0.1, 0.15) is 5.76 Å². The van der Waals surface area contributed by atoms with Gasteiger partial charge < -0.3 is 9.73 Å². The topological polar surface area (TPSA) is 43.0 Å². The molecule has 0 fully saturated rings. The molecule has 0 bridgehead atoms. The molecule has 0 saturated carbocycles. The Labute approximate surface area is 114 Å². The lowest BCUT2D eigenvalue weighted by Crippen LogP contribution is -2.25. The van der Waals surface area contributed by atoms with Crippen molar-refractivity contribution in [2.45, 2.75) is 46.2 Å². The summed E-state index contributed by atoms with van der Waals surface area (Å²) in [5.41, 5.74) is 2.37. The van der Waals surface area contributed by atoms with E-state index in [4.69, 9.17) is 4.42 Å². The van der Waals surface area contributed by atoms with Crippen LogP contribution in [-0.4, -0.2) is 16.3 Å². The number of rotatable bonds is 7. The maximum Gasteiger partial charge on any atom is 0.101 e. The molecule has 1 N–H and O–H groups in total. The van der Waals surface area contributed by atoms with E-state index >= 15 is 0 Å². The van der Waals surface area contributed by atoms with Crippen LogP contribution >= 0.6 is 0 Å². The molecule has 104 valence electrons. The predicted octanol–water partition coefficient (Wildman–Crippen LogP) is 3.28. The highest BCUT2D eigenvalue weighted by molar-refractivity contribution is 5.26. The molecule has 2 aromatic rings. The maximum absolute atomic E-state index is 5.45. The molecule has 0 aromatic carbocycles. The van der Waals surface area contributed by atoms with Gasteiger partial charge in [-0.1, -0.05) is 13.8 Å². The molecular formula is C15H23N3O. The summed E-state index contributed by atoms with van der Waals surface area (Å²) in [5.74, 6) is 0.944. The van der Waals surface area contributed by atoms with Gasteiger partial charge >= 0.3 is 0 Å². The Hall–Kier alpha value is -1.55. The third-order valence-electron chi connectivity index (χ3n) is 3.16. The van der Waals surface area contributed by atoms with Crippen LogP contribution in [0.2, 0.25) is 0 Å². The van der Waals surface area contributed by atoms with Crippen molar-refractivity contribution >= 4 is 0 Å². The van der Waals surface area contributed by atoms with E-state index in [-0.39, 0.29) is 6.04 Å². The van der Waals surface area contributed by atoms with Gasteiger partial charge in [-0.05, 0) is 38.4 Å². The Morgan fingerprint density at radius 2 is 2.21 bits per heavy atom. The summed E-state index contributed by atoms with van der Waals surface area (Å²) in [6.45, 7) is 8.25. The normalized spacial score (nSPS) is 12.8. The highest BCUT2D eigenvalue weighted by Crippen LogP contribution is 2.24. The number of nitrogens with zero attached hydrogens (tertiary/aromatic N) is 2. The van der Waals surface area contributed by atoms with Crippen molar-refractivity contribution in [2.75, 3.05) is 6.54 Å². The third-order valence-corrected chi connectivity index (χ3v) is 3.16. The Morgan fingerprint density at radius 1 is 1.37 bits per heavy atom. The zero-order chi connectivity index (χ0) is 13.7. The van der Waals surface area contributed by atoms with E-state index in [1.807, 2.05) is 19.4 Å². The van der Waals surface area contributed by atoms with E-state index in [0.29, 0.717) is 0 Å². The standard InChI is InChI=1S/C15H23N3O/c1-4-7-16-15(13-10-12(3)19-11-13)14-6-8-17-18(14)9-5-2/h6,8,10-11,15-16H,4-5,7,9H2,1-3H3. The van der Waals surface area contributed by atoms with Gasteiger partial charge in [0.2, 0.25) is 0 Å². The van der Waals surface area contributed by atoms with Crippen LogP contribution in [-0.2, 0) is 6.54 Å². The lowest BCUT2D eigenvalue weighted by atomic mass is 10.1. The van der Waals surface area contributed by atoms with E-state index in [1.165, 1.54) is 11.3 Å². The molecule has 1 unspecified atom stereocenters. The summed E-state index contributed by atoms with van der Waals surface area (Å²) >= 11 is 0. The van der Waals surface area contributed by atoms with Gasteiger partial charge in [0.05, 0.1) is 18.0 Å². The summed E-state index contributed by atoms with van der Waals surface area (Å²) in [7, 11) is 0. The molecule has 0 radical (unpaired) electrons. The van der Waals surface area contributed by atoms with Crippen molar-refractivity contribution in [3.63, 3.8) is 0 Å². The first kappa shape index (κ1) is 13.9. The molecule has 0 spiro atoms. The van der Waals surface area contributed by atoms with Gasteiger partial charge in [0.25, 0.3) is 0 Å². The van der Waals surface area contributed by atoms with Crippen LogP contribution in [0.25, 0.3) is 0 Å². The number of aryl methyl sites for hydroxylation is 2. The largest absolute Gasteiger partial charge is 0.469 e. The minimum Gasteiger partial charge on any atom is -0.469 e. The number of nitrogens with one attached hydrogen (secondary N) is 1. The van der Waals surface area contributed by atoms with E-state index in [0.717, 1.165) is 31.7 Å². The summed E-state index contributed by atoms with van der Waals surface area (Å²) in [6.07, 6.45) is 5.90. The molecule has 1 atom stereocenters. The van der Waals surface area contributed by atoms with E-state index < -0.39 is 0 Å². The molecule has 0 amide bonds. The smallest absolute Gasteiger partial charge is 0.101 e. The lowest BCUT2D eigenvalue weighted by Gasteiger charge is -2.18. The van der Waals surface area contributed by atoms with Crippen molar-refractivity contribution in [1.82, 2.24) is 15.1 Å². The molecule has 2 aromatic heterocycles. The van der Waals surface area contributed by atoms with Crippen LogP contribution in [0.4, 0.5) is 0 Å². The molecule has 2 heterocycles. The maximum atomic E-state index is 5.45. The van der Waals surface area contributed by atoms with Gasteiger partial charge in [-0.3, -0.25) is 4.68 Å². The summed E-state index contributed by atoms with van der Waals surface area (Å²) in [4.78, 5) is 0. The first-order valence-electron chi connectivity index (χ1n) is 7.06. The zero-order valence-corrected chi connectivity index (χ0v) is 12.0. The zero-order valence-electron chi connectivity index (χ0n) is 12.0. The van der Waals surface area contributed by atoms with E-state index in [9.17, 15) is 0 Å². The molecule has 0 aliphatic rings. The van der Waals surface area contributed by atoms with Crippen LogP contribution in [0.15, 0.2) is 29.0 Å². The minimum absolute atomic E-state index is 0.159. The number of furan rings is 1. The Morgan fingerprint density at radius 3 is 2.84 bits per heavy atom. The molecule has 0 aliphatic carbocycles. The highest BCUT2D eigenvalue weighted by Gasteiger charge is 2.19. The Balaban J connectivity index is 2.28. The fraction of sp³-hybridized carbons (Fsp3) is 0.533. The summed E-state index contributed by atoms with van der Waals surface area (Å²) in [5, 5.41) is 7.99. The molecule has 19 heavy (non-hydrogen) atoms. The van der Waals surface area contributed by atoms with Crippen molar-refractivity contribution in [2.24, 2.45) is 0 Å². The number of hydrogen-bond acceptors (Lipinski definition) is 3. The third kappa shape index (κ3) is 3.26. The van der Waals surface area contributed by atoms with Gasteiger partial charge in [0, 0.05) is 18.3 Å². The van der Waals surface area contributed by atoms with E-state index in [2.05, 4.69) is 41.1 Å². The van der Waals surface area contributed by atoms with Crippen molar-refractivity contribution < 1.29 is 4.42 Å². The summed E-state index contributed by atoms with van der Waals surface area (Å²) < 4.78 is 7.53. The van der Waals surface area contributed by atoms with Crippen LogP contribution in [0.3, 0.4) is 0 Å². The number of hydrogen-bond donors (Lipinski definition) is 1. The van der Waals surface area contributed by atoms with Gasteiger partial charge in [0.15, 0.2) is 0 Å². The Bertz CT molecular complexity index is 501. The molecule has 0 saturated heterocycles. The minimum atomic E-state index is 0.159. The lowest BCUT2D eigenvalue weighted by molar-refractivity contribution is 0.499. The second-order valence-electron chi connectivity index (χ2n) is 4.86. The highest BCUT2D eigenvalue weighted by atomic mass is 16.3. The van der Waals surface area contributed by atoms with Gasteiger partial charge in [-0.2, -0.15) is 5.10 Å². The Kier molecular flexibility index (Phi) is 4.80. The second kappa shape index (κ2) is 6.57. The monoisotopic (exact) mass is 261 g/mol. The fourth-order valence-corrected chi connectivity index (χ4v) is 2.28. The van der Waals surface area contributed by atoms with Crippen LogP contribution in [0, 0.1) is 6.92 Å². The predicted molar refractivity (Wildman–Crippen MR) is 76.1 cm³/mol.